The average Bonchev–Trinajstić information content (AvgIpc) is 3.07. The van der Waals surface area contributed by atoms with Crippen molar-refractivity contribution < 1.29 is 14.3 Å². The number of rotatable bonds is 6. The second-order valence-electron chi connectivity index (χ2n) is 5.71. The van der Waals surface area contributed by atoms with E-state index in [0.29, 0.717) is 33.7 Å². The molecule has 10 heteroatoms. The molecule has 0 spiro atoms. The smallest absolute Gasteiger partial charge is 0.255 e. The summed E-state index contributed by atoms with van der Waals surface area (Å²) in [7, 11) is 3.08. The van der Waals surface area contributed by atoms with E-state index in [1.165, 1.54) is 18.9 Å². The average molecular weight is 389 g/mol. The molecule has 0 bridgehead atoms. The summed E-state index contributed by atoms with van der Waals surface area (Å²) in [6.07, 6.45) is 0. The normalized spacial score (nSPS) is 10.8. The zero-order valence-corrected chi connectivity index (χ0v) is 16.1. The second-order valence-corrected chi connectivity index (χ2v) is 6.65. The maximum atomic E-state index is 12.4. The molecule has 1 aromatic carbocycles. The Morgan fingerprint density at radius 2 is 2.04 bits per heavy atom. The number of hydrogen-bond donors (Lipinski definition) is 2. The molecule has 9 nitrogen and oxygen atoms in total. The van der Waals surface area contributed by atoms with Gasteiger partial charge in [-0.1, -0.05) is 11.8 Å². The highest BCUT2D eigenvalue weighted by Crippen LogP contribution is 2.29. The van der Waals surface area contributed by atoms with Crippen LogP contribution in [0.25, 0.3) is 5.78 Å². The van der Waals surface area contributed by atoms with Gasteiger partial charge in [-0.2, -0.15) is 0 Å². The number of fused-ring (bicyclic) bond motifs is 1. The van der Waals surface area contributed by atoms with Crippen LogP contribution in [0.15, 0.2) is 28.2 Å². The first-order valence-electron chi connectivity index (χ1n) is 8.04. The van der Waals surface area contributed by atoms with Gasteiger partial charge in [0.15, 0.2) is 5.16 Å². The van der Waals surface area contributed by atoms with E-state index in [1.807, 2.05) is 6.92 Å². The number of nitrogens with zero attached hydrogens (tertiary/aromatic N) is 3. The van der Waals surface area contributed by atoms with E-state index in [2.05, 4.69) is 20.5 Å². The second kappa shape index (κ2) is 7.70. The van der Waals surface area contributed by atoms with Gasteiger partial charge in [0.2, 0.25) is 11.7 Å². The standard InChI is InChI=1S/C17H19N5O4S/c1-9-10(2)22-16(19-15(9)24)20-21-17(22)27-8-14(23)18-12-7-11(25-3)5-6-13(12)26-4/h5-7H,8H2,1-4H3,(H,18,23)(H,19,20,24). The SMILES string of the molecule is COc1ccc(OC)c(NC(=O)CSc2nnc3[nH]c(=O)c(C)c(C)n23)c1. The lowest BCUT2D eigenvalue weighted by Gasteiger charge is -2.11. The summed E-state index contributed by atoms with van der Waals surface area (Å²) in [5, 5.41) is 11.3. The number of amides is 1. The maximum Gasteiger partial charge on any atom is 0.255 e. The van der Waals surface area contributed by atoms with E-state index in [0.717, 1.165) is 5.69 Å². The number of carbonyl (C=O) groups is 1. The number of methoxy groups -OCH3 is 2. The highest BCUT2D eigenvalue weighted by atomic mass is 32.2. The fraction of sp³-hybridized carbons (Fsp3) is 0.294. The van der Waals surface area contributed by atoms with Crippen molar-refractivity contribution in [2.24, 2.45) is 0 Å². The molecule has 142 valence electrons. The molecule has 0 aliphatic heterocycles. The molecule has 0 radical (unpaired) electrons. The molecule has 2 heterocycles. The number of aryl methyl sites for hydroxylation is 1. The number of anilines is 1. The van der Waals surface area contributed by atoms with Crippen molar-refractivity contribution in [3.05, 3.63) is 39.8 Å². The van der Waals surface area contributed by atoms with Gasteiger partial charge >= 0.3 is 0 Å². The van der Waals surface area contributed by atoms with E-state index in [9.17, 15) is 9.59 Å². The molecule has 0 aliphatic carbocycles. The fourth-order valence-electron chi connectivity index (χ4n) is 2.50. The number of ether oxygens (including phenoxy) is 2. The van der Waals surface area contributed by atoms with Crippen molar-refractivity contribution in [2.45, 2.75) is 19.0 Å². The lowest BCUT2D eigenvalue weighted by Crippen LogP contribution is -2.17. The Labute approximate surface area is 159 Å². The van der Waals surface area contributed by atoms with Crippen LogP contribution >= 0.6 is 11.8 Å². The third-order valence-corrected chi connectivity index (χ3v) is 5.02. The molecule has 3 aromatic rings. The number of H-pyrrole nitrogens is 1. The zero-order chi connectivity index (χ0) is 19.6. The first-order chi connectivity index (χ1) is 12.9. The summed E-state index contributed by atoms with van der Waals surface area (Å²) in [5.74, 6) is 1.37. The molecule has 0 fully saturated rings. The maximum absolute atomic E-state index is 12.4. The van der Waals surface area contributed by atoms with Crippen LogP contribution in [-0.2, 0) is 4.79 Å². The van der Waals surface area contributed by atoms with Crippen LogP contribution in [0.5, 0.6) is 11.5 Å². The summed E-state index contributed by atoms with van der Waals surface area (Å²) in [5.41, 5.74) is 1.63. The summed E-state index contributed by atoms with van der Waals surface area (Å²) < 4.78 is 12.2. The number of hydrogen-bond acceptors (Lipinski definition) is 7. The van der Waals surface area contributed by atoms with Gasteiger partial charge in [-0.05, 0) is 26.0 Å². The number of thioether (sulfide) groups is 1. The predicted molar refractivity (Wildman–Crippen MR) is 102 cm³/mol. The first-order valence-corrected chi connectivity index (χ1v) is 9.02. The largest absolute Gasteiger partial charge is 0.497 e. The molecule has 0 saturated carbocycles. The number of nitrogens with one attached hydrogen (secondary N) is 2. The molecule has 1 amide bonds. The van der Waals surface area contributed by atoms with E-state index in [4.69, 9.17) is 9.47 Å². The molecular formula is C17H19N5O4S. The van der Waals surface area contributed by atoms with Gasteiger partial charge in [-0.3, -0.25) is 19.0 Å². The number of carbonyl (C=O) groups excluding carboxylic acids is 1. The lowest BCUT2D eigenvalue weighted by molar-refractivity contribution is -0.113. The molecule has 2 aromatic heterocycles. The Bertz CT molecular complexity index is 1060. The molecule has 27 heavy (non-hydrogen) atoms. The van der Waals surface area contributed by atoms with Crippen molar-refractivity contribution in [2.75, 3.05) is 25.3 Å². The van der Waals surface area contributed by atoms with Crippen LogP contribution in [0.4, 0.5) is 5.69 Å². The minimum absolute atomic E-state index is 0.110. The number of benzene rings is 1. The van der Waals surface area contributed by atoms with Gasteiger partial charge in [-0.25, -0.2) is 0 Å². The molecule has 0 aliphatic rings. The van der Waals surface area contributed by atoms with Crippen molar-refractivity contribution in [1.82, 2.24) is 19.6 Å². The zero-order valence-electron chi connectivity index (χ0n) is 15.3. The molecule has 2 N–H and O–H groups in total. The first kappa shape index (κ1) is 18.8. The van der Waals surface area contributed by atoms with E-state index in [-0.39, 0.29) is 17.2 Å². The van der Waals surface area contributed by atoms with Gasteiger partial charge in [-0.15, -0.1) is 10.2 Å². The Balaban J connectivity index is 1.76. The van der Waals surface area contributed by atoms with Crippen LogP contribution in [-0.4, -0.2) is 45.5 Å². The van der Waals surface area contributed by atoms with Gasteiger partial charge in [0.05, 0.1) is 25.7 Å². The fourth-order valence-corrected chi connectivity index (χ4v) is 3.29. The molecule has 0 unspecified atom stereocenters. The van der Waals surface area contributed by atoms with Crippen molar-refractivity contribution in [3.63, 3.8) is 0 Å². The van der Waals surface area contributed by atoms with Crippen LogP contribution in [0.3, 0.4) is 0 Å². The van der Waals surface area contributed by atoms with Gasteiger partial charge in [0.25, 0.3) is 5.56 Å². The molecule has 0 atom stereocenters. The topological polar surface area (TPSA) is 111 Å². The van der Waals surface area contributed by atoms with Crippen LogP contribution in [0.2, 0.25) is 0 Å². The quantitative estimate of drug-likeness (QED) is 0.618. The van der Waals surface area contributed by atoms with Crippen molar-refractivity contribution in [3.8, 4) is 11.5 Å². The predicted octanol–water partition coefficient (Wildman–Crippen LogP) is 1.78. The highest BCUT2D eigenvalue weighted by Gasteiger charge is 2.15. The van der Waals surface area contributed by atoms with Gasteiger partial charge < -0.3 is 14.8 Å². The molecular weight excluding hydrogens is 370 g/mol. The van der Waals surface area contributed by atoms with Crippen LogP contribution in [0, 0.1) is 13.8 Å². The Hall–Kier alpha value is -3.01. The summed E-state index contributed by atoms with van der Waals surface area (Å²) in [4.78, 5) is 26.9. The summed E-state index contributed by atoms with van der Waals surface area (Å²) >= 11 is 1.22. The number of aromatic amines is 1. The Kier molecular flexibility index (Phi) is 5.36. The third-order valence-electron chi connectivity index (χ3n) is 4.09. The molecule has 3 rings (SSSR count). The highest BCUT2D eigenvalue weighted by molar-refractivity contribution is 7.99. The Morgan fingerprint density at radius 3 is 2.74 bits per heavy atom. The van der Waals surface area contributed by atoms with E-state index in [1.54, 1.807) is 36.6 Å². The molecule has 0 saturated heterocycles. The third kappa shape index (κ3) is 3.75. The van der Waals surface area contributed by atoms with E-state index < -0.39 is 0 Å². The van der Waals surface area contributed by atoms with Crippen LogP contribution < -0.4 is 20.3 Å². The van der Waals surface area contributed by atoms with Gasteiger partial charge in [0, 0.05) is 17.3 Å². The summed E-state index contributed by atoms with van der Waals surface area (Å²) in [6.45, 7) is 3.54. The van der Waals surface area contributed by atoms with Crippen molar-refractivity contribution in [1.29, 1.82) is 0 Å². The monoisotopic (exact) mass is 389 g/mol. The minimum Gasteiger partial charge on any atom is -0.497 e. The Morgan fingerprint density at radius 1 is 1.26 bits per heavy atom. The minimum atomic E-state index is -0.234. The summed E-state index contributed by atoms with van der Waals surface area (Å²) in [6, 6.07) is 5.15. The van der Waals surface area contributed by atoms with Crippen molar-refractivity contribution >= 4 is 29.1 Å². The van der Waals surface area contributed by atoms with E-state index >= 15 is 0 Å². The van der Waals surface area contributed by atoms with Crippen LogP contribution in [0.1, 0.15) is 11.3 Å². The number of aromatic nitrogens is 4. The van der Waals surface area contributed by atoms with Gasteiger partial charge in [0.1, 0.15) is 11.5 Å². The lowest BCUT2D eigenvalue weighted by atomic mass is 10.2.